The molecule has 0 aliphatic carbocycles. The summed E-state index contributed by atoms with van der Waals surface area (Å²) in [5.74, 6) is 0. The summed E-state index contributed by atoms with van der Waals surface area (Å²) in [4.78, 5) is 11.1. The lowest BCUT2D eigenvalue weighted by molar-refractivity contribution is 0.530. The lowest BCUT2D eigenvalue weighted by Gasteiger charge is -2.20. The Morgan fingerprint density at radius 3 is 2.79 bits per heavy atom. The van der Waals surface area contributed by atoms with Crippen LogP contribution in [0.4, 0.5) is 0 Å². The lowest BCUT2D eigenvalue weighted by Crippen LogP contribution is -2.29. The molecule has 1 aromatic heterocycles. The second-order valence-electron chi connectivity index (χ2n) is 3.44. The number of H-pyrrole nitrogens is 1. The van der Waals surface area contributed by atoms with Gasteiger partial charge in [0, 0.05) is 12.3 Å². The van der Waals surface area contributed by atoms with E-state index >= 15 is 0 Å². The minimum absolute atomic E-state index is 0.138. The third-order valence-corrected chi connectivity index (χ3v) is 3.78. The van der Waals surface area contributed by atoms with Gasteiger partial charge in [0.2, 0.25) is 0 Å². The molecule has 0 spiro atoms. The van der Waals surface area contributed by atoms with Crippen LogP contribution in [0.1, 0.15) is 12.8 Å². The van der Waals surface area contributed by atoms with Crippen LogP contribution in [0.15, 0.2) is 9.95 Å². The SMILES string of the molecule is Cn1c(SC2CCNCC2)n[nH]c1=O. The summed E-state index contributed by atoms with van der Waals surface area (Å²) in [6, 6.07) is 0. The first-order valence-corrected chi connectivity index (χ1v) is 5.64. The van der Waals surface area contributed by atoms with E-state index in [-0.39, 0.29) is 5.69 Å². The quantitative estimate of drug-likeness (QED) is 0.724. The van der Waals surface area contributed by atoms with Gasteiger partial charge in [-0.2, -0.15) is 0 Å². The molecule has 0 aromatic carbocycles. The number of thioether (sulfide) groups is 1. The van der Waals surface area contributed by atoms with Gasteiger partial charge in [-0.1, -0.05) is 11.8 Å². The molecule has 0 radical (unpaired) electrons. The fourth-order valence-corrected chi connectivity index (χ4v) is 2.61. The van der Waals surface area contributed by atoms with Gasteiger partial charge in [0.05, 0.1) is 0 Å². The standard InChI is InChI=1S/C8H14N4OS/c1-12-7(13)10-11-8(12)14-6-2-4-9-5-3-6/h6,9H,2-5H2,1H3,(H,10,13). The molecule has 2 heterocycles. The van der Waals surface area contributed by atoms with Crippen molar-refractivity contribution in [1.82, 2.24) is 20.1 Å². The zero-order valence-corrected chi connectivity index (χ0v) is 8.93. The maximum atomic E-state index is 11.1. The van der Waals surface area contributed by atoms with Gasteiger partial charge in [-0.25, -0.2) is 9.89 Å². The van der Waals surface area contributed by atoms with Crippen LogP contribution in [-0.2, 0) is 7.05 Å². The molecule has 2 N–H and O–H groups in total. The molecule has 0 unspecified atom stereocenters. The van der Waals surface area contributed by atoms with Crippen LogP contribution in [0.25, 0.3) is 0 Å². The van der Waals surface area contributed by atoms with Crippen molar-refractivity contribution in [2.75, 3.05) is 13.1 Å². The van der Waals surface area contributed by atoms with Gasteiger partial charge in [-0.15, -0.1) is 5.10 Å². The second kappa shape index (κ2) is 4.18. The number of rotatable bonds is 2. The third-order valence-electron chi connectivity index (χ3n) is 2.40. The maximum absolute atomic E-state index is 11.1. The summed E-state index contributed by atoms with van der Waals surface area (Å²) < 4.78 is 1.56. The highest BCUT2D eigenvalue weighted by Crippen LogP contribution is 2.25. The largest absolute Gasteiger partial charge is 0.343 e. The Hall–Kier alpha value is -0.750. The Morgan fingerprint density at radius 1 is 1.50 bits per heavy atom. The topological polar surface area (TPSA) is 62.7 Å². The fraction of sp³-hybridized carbons (Fsp3) is 0.750. The lowest BCUT2D eigenvalue weighted by atomic mass is 10.2. The molecule has 78 valence electrons. The number of aromatic nitrogens is 3. The monoisotopic (exact) mass is 214 g/mol. The zero-order chi connectivity index (χ0) is 9.97. The van der Waals surface area contributed by atoms with Crippen LogP contribution in [0, 0.1) is 0 Å². The van der Waals surface area contributed by atoms with E-state index in [0.717, 1.165) is 31.1 Å². The minimum Gasteiger partial charge on any atom is -0.317 e. The van der Waals surface area contributed by atoms with Gasteiger partial charge in [-0.3, -0.25) is 4.57 Å². The van der Waals surface area contributed by atoms with Crippen molar-refractivity contribution < 1.29 is 0 Å². The minimum atomic E-state index is -0.138. The average Bonchev–Trinajstić information content (AvgIpc) is 2.52. The Kier molecular flexibility index (Phi) is 2.93. The number of nitrogens with zero attached hydrogens (tertiary/aromatic N) is 2. The predicted molar refractivity (Wildman–Crippen MR) is 55.6 cm³/mol. The van der Waals surface area contributed by atoms with Crippen LogP contribution >= 0.6 is 11.8 Å². The van der Waals surface area contributed by atoms with Crippen molar-refractivity contribution in [3.63, 3.8) is 0 Å². The van der Waals surface area contributed by atoms with E-state index in [1.54, 1.807) is 23.4 Å². The highest BCUT2D eigenvalue weighted by molar-refractivity contribution is 7.99. The van der Waals surface area contributed by atoms with Crippen molar-refractivity contribution in [3.05, 3.63) is 10.5 Å². The van der Waals surface area contributed by atoms with Gasteiger partial charge >= 0.3 is 5.69 Å². The number of hydrogen-bond acceptors (Lipinski definition) is 4. The van der Waals surface area contributed by atoms with E-state index in [1.807, 2.05) is 0 Å². The fourth-order valence-electron chi connectivity index (χ4n) is 1.50. The van der Waals surface area contributed by atoms with E-state index in [1.165, 1.54) is 0 Å². The molecule has 0 saturated carbocycles. The van der Waals surface area contributed by atoms with Crippen LogP contribution in [0.5, 0.6) is 0 Å². The second-order valence-corrected chi connectivity index (χ2v) is 4.71. The molecule has 0 amide bonds. The van der Waals surface area contributed by atoms with Crippen LogP contribution in [0.2, 0.25) is 0 Å². The maximum Gasteiger partial charge on any atom is 0.343 e. The van der Waals surface area contributed by atoms with Crippen LogP contribution < -0.4 is 11.0 Å². The van der Waals surface area contributed by atoms with E-state index in [0.29, 0.717) is 5.25 Å². The average molecular weight is 214 g/mol. The molecule has 1 aromatic rings. The number of aromatic amines is 1. The Balaban J connectivity index is 2.02. The molecule has 0 atom stereocenters. The van der Waals surface area contributed by atoms with E-state index in [9.17, 15) is 4.79 Å². The van der Waals surface area contributed by atoms with Gasteiger partial charge in [0.1, 0.15) is 0 Å². The molecule has 6 heteroatoms. The molecule has 2 rings (SSSR count). The molecule has 1 aliphatic rings. The molecular weight excluding hydrogens is 200 g/mol. The molecular formula is C8H14N4OS. The zero-order valence-electron chi connectivity index (χ0n) is 8.12. The number of hydrogen-bond donors (Lipinski definition) is 2. The predicted octanol–water partition coefficient (Wildman–Crippen LogP) is -0.0475. The first-order valence-electron chi connectivity index (χ1n) is 4.76. The third kappa shape index (κ3) is 2.01. The summed E-state index contributed by atoms with van der Waals surface area (Å²) in [6.45, 7) is 2.13. The molecule has 5 nitrogen and oxygen atoms in total. The molecule has 1 aliphatic heterocycles. The summed E-state index contributed by atoms with van der Waals surface area (Å²) in [7, 11) is 1.75. The highest BCUT2D eigenvalue weighted by atomic mass is 32.2. The van der Waals surface area contributed by atoms with E-state index in [2.05, 4.69) is 15.5 Å². The number of piperidine rings is 1. The highest BCUT2D eigenvalue weighted by Gasteiger charge is 2.17. The van der Waals surface area contributed by atoms with Crippen molar-refractivity contribution in [1.29, 1.82) is 0 Å². The van der Waals surface area contributed by atoms with Crippen molar-refractivity contribution >= 4 is 11.8 Å². The first kappa shape index (κ1) is 9.79. The van der Waals surface area contributed by atoms with Crippen LogP contribution in [0.3, 0.4) is 0 Å². The van der Waals surface area contributed by atoms with Gasteiger partial charge in [-0.05, 0) is 25.9 Å². The molecule has 0 bridgehead atoms. The van der Waals surface area contributed by atoms with Crippen LogP contribution in [-0.4, -0.2) is 33.1 Å². The van der Waals surface area contributed by atoms with E-state index < -0.39 is 0 Å². The molecule has 1 saturated heterocycles. The normalized spacial score (nSPS) is 18.6. The molecule has 14 heavy (non-hydrogen) atoms. The summed E-state index contributed by atoms with van der Waals surface area (Å²) >= 11 is 1.69. The molecule has 1 fully saturated rings. The van der Waals surface area contributed by atoms with Crippen molar-refractivity contribution in [2.45, 2.75) is 23.2 Å². The van der Waals surface area contributed by atoms with E-state index in [4.69, 9.17) is 0 Å². The van der Waals surface area contributed by atoms with Gasteiger partial charge in [0.15, 0.2) is 5.16 Å². The van der Waals surface area contributed by atoms with Gasteiger partial charge < -0.3 is 5.32 Å². The summed E-state index contributed by atoms with van der Waals surface area (Å²) in [6.07, 6.45) is 2.29. The van der Waals surface area contributed by atoms with Crippen molar-refractivity contribution in [2.24, 2.45) is 7.05 Å². The smallest absolute Gasteiger partial charge is 0.317 e. The Labute approximate surface area is 86.3 Å². The summed E-state index contributed by atoms with van der Waals surface area (Å²) in [5, 5.41) is 11.1. The van der Waals surface area contributed by atoms with Crippen molar-refractivity contribution in [3.8, 4) is 0 Å². The van der Waals surface area contributed by atoms with Gasteiger partial charge in [0.25, 0.3) is 0 Å². The number of nitrogens with one attached hydrogen (secondary N) is 2. The Morgan fingerprint density at radius 2 is 2.21 bits per heavy atom. The first-order chi connectivity index (χ1) is 6.77. The Bertz CT molecular complexity index is 352. The summed E-state index contributed by atoms with van der Waals surface area (Å²) in [5.41, 5.74) is -0.138.